The molecule has 0 aliphatic carbocycles. The molecule has 0 bridgehead atoms. The highest BCUT2D eigenvalue weighted by Crippen LogP contribution is 2.23. The summed E-state index contributed by atoms with van der Waals surface area (Å²) in [4.78, 5) is 10.1. The number of ether oxygens (including phenoxy) is 1. The van der Waals surface area contributed by atoms with Crippen LogP contribution in [0.2, 0.25) is 0 Å². The zero-order valence-corrected chi connectivity index (χ0v) is 6.91. The van der Waals surface area contributed by atoms with Crippen LogP contribution < -0.4 is 4.74 Å². The van der Waals surface area contributed by atoms with Crippen LogP contribution in [0.1, 0.15) is 12.5 Å². The molecule has 0 saturated heterocycles. The normalized spacial score (nSPS) is 9.08. The molecule has 0 unspecified atom stereocenters. The van der Waals surface area contributed by atoms with E-state index in [0.29, 0.717) is 12.2 Å². The lowest BCUT2D eigenvalue weighted by Gasteiger charge is -2.04. The number of allylic oxidation sites excluding steroid dienone is 1. The van der Waals surface area contributed by atoms with Gasteiger partial charge in [-0.2, -0.15) is 0 Å². The van der Waals surface area contributed by atoms with E-state index in [1.807, 2.05) is 25.1 Å². The predicted octanol–water partition coefficient (Wildman–Crippen LogP) is 2.25. The van der Waals surface area contributed by atoms with E-state index >= 15 is 0 Å². The molecule has 1 aromatic carbocycles. The molecule has 0 aromatic heterocycles. The van der Waals surface area contributed by atoms with E-state index in [0.717, 1.165) is 11.1 Å². The highest BCUT2D eigenvalue weighted by atomic mass is 16.5. The summed E-state index contributed by atoms with van der Waals surface area (Å²) in [5.41, 5.74) is 1.75. The SMILES string of the molecule is C=C(C)c1ccccc1OC=O. The van der Waals surface area contributed by atoms with Gasteiger partial charge in [-0.15, -0.1) is 0 Å². The fraction of sp³-hybridized carbons (Fsp3) is 0.100. The summed E-state index contributed by atoms with van der Waals surface area (Å²) in [6.45, 7) is 6.06. The lowest BCUT2D eigenvalue weighted by atomic mass is 10.1. The molecule has 0 radical (unpaired) electrons. The summed E-state index contributed by atoms with van der Waals surface area (Å²) in [6.07, 6.45) is 0. The van der Waals surface area contributed by atoms with Crippen LogP contribution in [0.4, 0.5) is 0 Å². The minimum atomic E-state index is 0.418. The van der Waals surface area contributed by atoms with Gasteiger partial charge in [-0.1, -0.05) is 24.8 Å². The van der Waals surface area contributed by atoms with E-state index in [2.05, 4.69) is 6.58 Å². The minimum absolute atomic E-state index is 0.418. The highest BCUT2D eigenvalue weighted by Gasteiger charge is 2.01. The molecule has 2 heteroatoms. The van der Waals surface area contributed by atoms with Crippen molar-refractivity contribution in [2.75, 3.05) is 0 Å². The first-order chi connectivity index (χ1) is 5.75. The van der Waals surface area contributed by atoms with E-state index in [1.165, 1.54) is 0 Å². The zero-order valence-electron chi connectivity index (χ0n) is 6.91. The summed E-state index contributed by atoms with van der Waals surface area (Å²) in [5, 5.41) is 0. The lowest BCUT2D eigenvalue weighted by molar-refractivity contribution is -0.120. The van der Waals surface area contributed by atoms with Crippen LogP contribution in [-0.4, -0.2) is 6.47 Å². The van der Waals surface area contributed by atoms with Crippen LogP contribution in [-0.2, 0) is 4.79 Å². The molecule has 62 valence electrons. The van der Waals surface area contributed by atoms with Crippen LogP contribution in [0.5, 0.6) is 5.75 Å². The molecule has 0 atom stereocenters. The molecule has 0 heterocycles. The number of hydrogen-bond donors (Lipinski definition) is 0. The minimum Gasteiger partial charge on any atom is -0.428 e. The van der Waals surface area contributed by atoms with E-state index in [9.17, 15) is 4.79 Å². The van der Waals surface area contributed by atoms with Crippen LogP contribution in [0, 0.1) is 0 Å². The zero-order chi connectivity index (χ0) is 8.97. The van der Waals surface area contributed by atoms with Crippen molar-refractivity contribution in [1.29, 1.82) is 0 Å². The van der Waals surface area contributed by atoms with Gasteiger partial charge >= 0.3 is 0 Å². The van der Waals surface area contributed by atoms with Crippen molar-refractivity contribution in [2.45, 2.75) is 6.92 Å². The van der Waals surface area contributed by atoms with Crippen LogP contribution >= 0.6 is 0 Å². The topological polar surface area (TPSA) is 26.3 Å². The van der Waals surface area contributed by atoms with Gasteiger partial charge in [-0.25, -0.2) is 0 Å². The van der Waals surface area contributed by atoms with E-state index in [1.54, 1.807) is 6.07 Å². The molecule has 1 aromatic rings. The molecule has 0 fully saturated rings. The van der Waals surface area contributed by atoms with Gasteiger partial charge in [0.25, 0.3) is 6.47 Å². The average molecular weight is 162 g/mol. The molecule has 0 saturated carbocycles. The second-order valence-electron chi connectivity index (χ2n) is 2.49. The third-order valence-electron chi connectivity index (χ3n) is 1.52. The van der Waals surface area contributed by atoms with E-state index in [-0.39, 0.29) is 0 Å². The molecule has 0 N–H and O–H groups in total. The maximum Gasteiger partial charge on any atom is 0.298 e. The largest absolute Gasteiger partial charge is 0.428 e. The Labute approximate surface area is 71.5 Å². The third-order valence-corrected chi connectivity index (χ3v) is 1.52. The van der Waals surface area contributed by atoms with Crippen molar-refractivity contribution in [3.8, 4) is 5.75 Å². The molecular formula is C10H10O2. The molecule has 2 nitrogen and oxygen atoms in total. The van der Waals surface area contributed by atoms with Gasteiger partial charge in [0.2, 0.25) is 0 Å². The Hall–Kier alpha value is -1.57. The van der Waals surface area contributed by atoms with Crippen molar-refractivity contribution in [1.82, 2.24) is 0 Å². The Morgan fingerprint density at radius 1 is 1.50 bits per heavy atom. The Balaban J connectivity index is 3.07. The Bertz CT molecular complexity index is 302. The van der Waals surface area contributed by atoms with Gasteiger partial charge in [-0.05, 0) is 18.6 Å². The first-order valence-electron chi connectivity index (χ1n) is 3.61. The highest BCUT2D eigenvalue weighted by molar-refractivity contribution is 5.68. The summed E-state index contributed by atoms with van der Waals surface area (Å²) in [6, 6.07) is 7.28. The molecule has 0 spiro atoms. The fourth-order valence-corrected chi connectivity index (χ4v) is 0.974. The monoisotopic (exact) mass is 162 g/mol. The first kappa shape index (κ1) is 8.53. The second kappa shape index (κ2) is 3.72. The summed E-state index contributed by atoms with van der Waals surface area (Å²) in [5.74, 6) is 0.556. The number of rotatable bonds is 3. The smallest absolute Gasteiger partial charge is 0.298 e. The molecular weight excluding hydrogens is 152 g/mol. The number of benzene rings is 1. The van der Waals surface area contributed by atoms with Crippen LogP contribution in [0.3, 0.4) is 0 Å². The van der Waals surface area contributed by atoms with Gasteiger partial charge < -0.3 is 4.74 Å². The van der Waals surface area contributed by atoms with Crippen molar-refractivity contribution < 1.29 is 9.53 Å². The van der Waals surface area contributed by atoms with Gasteiger partial charge in [0.15, 0.2) is 0 Å². The number of carbonyl (C=O) groups is 1. The maximum atomic E-state index is 10.1. The van der Waals surface area contributed by atoms with Crippen molar-refractivity contribution >= 4 is 12.0 Å². The molecule has 0 amide bonds. The third kappa shape index (κ3) is 1.72. The van der Waals surface area contributed by atoms with E-state index in [4.69, 9.17) is 4.74 Å². The van der Waals surface area contributed by atoms with Crippen LogP contribution in [0.25, 0.3) is 5.57 Å². The Kier molecular flexibility index (Phi) is 2.64. The quantitative estimate of drug-likeness (QED) is 0.637. The van der Waals surface area contributed by atoms with E-state index < -0.39 is 0 Å². The van der Waals surface area contributed by atoms with Crippen molar-refractivity contribution in [3.63, 3.8) is 0 Å². The second-order valence-corrected chi connectivity index (χ2v) is 2.49. The average Bonchev–Trinajstić information content (AvgIpc) is 2.05. The van der Waals surface area contributed by atoms with Gasteiger partial charge in [0.05, 0.1) is 0 Å². The van der Waals surface area contributed by atoms with Crippen LogP contribution in [0.15, 0.2) is 30.8 Å². The Morgan fingerprint density at radius 2 is 2.17 bits per heavy atom. The summed E-state index contributed by atoms with van der Waals surface area (Å²) < 4.78 is 4.76. The van der Waals surface area contributed by atoms with Gasteiger partial charge in [0.1, 0.15) is 5.75 Å². The molecule has 1 rings (SSSR count). The van der Waals surface area contributed by atoms with Crippen molar-refractivity contribution in [3.05, 3.63) is 36.4 Å². The summed E-state index contributed by atoms with van der Waals surface area (Å²) in [7, 11) is 0. The van der Waals surface area contributed by atoms with Gasteiger partial charge in [0, 0.05) is 5.56 Å². The number of para-hydroxylation sites is 1. The Morgan fingerprint density at radius 3 is 2.75 bits per heavy atom. The lowest BCUT2D eigenvalue weighted by Crippen LogP contribution is -1.92. The standard InChI is InChI=1S/C10H10O2/c1-8(2)9-5-3-4-6-10(9)12-7-11/h3-7H,1H2,2H3. The fourth-order valence-electron chi connectivity index (χ4n) is 0.974. The summed E-state index contributed by atoms with van der Waals surface area (Å²) >= 11 is 0. The maximum absolute atomic E-state index is 10.1. The number of hydrogen-bond acceptors (Lipinski definition) is 2. The van der Waals surface area contributed by atoms with Gasteiger partial charge in [-0.3, -0.25) is 4.79 Å². The predicted molar refractivity (Wildman–Crippen MR) is 47.8 cm³/mol. The van der Waals surface area contributed by atoms with Crippen molar-refractivity contribution in [2.24, 2.45) is 0 Å². The molecule has 0 aliphatic rings. The molecule has 0 aliphatic heterocycles. The first-order valence-corrected chi connectivity index (χ1v) is 3.61. The molecule has 12 heavy (non-hydrogen) atoms. The number of carbonyl (C=O) groups excluding carboxylic acids is 1.